The Morgan fingerprint density at radius 1 is 1.03 bits per heavy atom. The number of para-hydroxylation sites is 1. The molecule has 0 unspecified atom stereocenters. The number of rotatable bonds is 6. The summed E-state index contributed by atoms with van der Waals surface area (Å²) in [6, 6.07) is 9.48. The fourth-order valence-corrected chi connectivity index (χ4v) is 4.94. The minimum absolute atomic E-state index is 0.0343. The second kappa shape index (κ2) is 10.1. The van der Waals surface area contributed by atoms with Crippen LogP contribution < -0.4 is 15.5 Å². The van der Waals surface area contributed by atoms with E-state index in [-0.39, 0.29) is 24.4 Å². The summed E-state index contributed by atoms with van der Waals surface area (Å²) in [5.74, 6) is 0.849. The van der Waals surface area contributed by atoms with E-state index < -0.39 is 0 Å². The molecule has 9 heteroatoms. The monoisotopic (exact) mass is 461 g/mol. The van der Waals surface area contributed by atoms with Crippen molar-refractivity contribution >= 4 is 34.4 Å². The number of fused-ring (bicyclic) bond motifs is 1. The summed E-state index contributed by atoms with van der Waals surface area (Å²) in [4.78, 5) is 41.8. The molecule has 3 aromatic rings. The zero-order chi connectivity index (χ0) is 23.3. The summed E-state index contributed by atoms with van der Waals surface area (Å²) in [5.41, 5.74) is 2.15. The van der Waals surface area contributed by atoms with Gasteiger partial charge in [0, 0.05) is 44.1 Å². The first kappa shape index (κ1) is 22.2. The van der Waals surface area contributed by atoms with Crippen LogP contribution in [0.5, 0.6) is 0 Å². The average Bonchev–Trinajstić information content (AvgIpc) is 3.37. The first-order valence-corrected chi connectivity index (χ1v) is 12.1. The van der Waals surface area contributed by atoms with Crippen molar-refractivity contribution in [1.82, 2.24) is 25.2 Å². The molecule has 2 aliphatic rings. The van der Waals surface area contributed by atoms with Gasteiger partial charge in [0.25, 0.3) is 5.91 Å². The van der Waals surface area contributed by atoms with Crippen LogP contribution in [-0.4, -0.2) is 70.4 Å². The number of aromatic nitrogens is 3. The molecule has 2 fully saturated rings. The number of H-pyrrole nitrogens is 1. The third-order valence-corrected chi connectivity index (χ3v) is 6.66. The summed E-state index contributed by atoms with van der Waals surface area (Å²) in [5, 5.41) is 7.33. The van der Waals surface area contributed by atoms with Gasteiger partial charge in [-0.3, -0.25) is 9.59 Å². The highest BCUT2D eigenvalue weighted by Crippen LogP contribution is 2.25. The highest BCUT2D eigenvalue weighted by Gasteiger charge is 2.24. The third-order valence-electron chi connectivity index (χ3n) is 6.66. The highest BCUT2D eigenvalue weighted by atomic mass is 16.2. The van der Waals surface area contributed by atoms with Crippen molar-refractivity contribution in [2.24, 2.45) is 0 Å². The van der Waals surface area contributed by atoms with Crippen LogP contribution in [0.25, 0.3) is 11.0 Å². The molecule has 2 amide bonds. The van der Waals surface area contributed by atoms with E-state index in [1.807, 2.05) is 41.4 Å². The number of amides is 2. The van der Waals surface area contributed by atoms with Gasteiger partial charge in [-0.2, -0.15) is 0 Å². The Morgan fingerprint density at radius 3 is 2.76 bits per heavy atom. The van der Waals surface area contributed by atoms with Gasteiger partial charge in [-0.1, -0.05) is 12.1 Å². The number of nitrogens with one attached hydrogen (secondary N) is 3. The Hall–Kier alpha value is -3.62. The smallest absolute Gasteiger partial charge is 0.255 e. The summed E-state index contributed by atoms with van der Waals surface area (Å²) >= 11 is 0. The molecule has 4 heterocycles. The van der Waals surface area contributed by atoms with E-state index in [0.29, 0.717) is 17.8 Å². The van der Waals surface area contributed by atoms with E-state index >= 15 is 0 Å². The first-order valence-electron chi connectivity index (χ1n) is 12.1. The van der Waals surface area contributed by atoms with Crippen molar-refractivity contribution < 1.29 is 9.59 Å². The molecule has 1 atom stereocenters. The van der Waals surface area contributed by atoms with Gasteiger partial charge in [-0.05, 0) is 50.3 Å². The maximum atomic E-state index is 13.0. The number of carbonyl (C=O) groups is 2. The van der Waals surface area contributed by atoms with Gasteiger partial charge < -0.3 is 25.4 Å². The Kier molecular flexibility index (Phi) is 6.60. The molecular formula is C25H31N7O2. The van der Waals surface area contributed by atoms with Gasteiger partial charge in [0.1, 0.15) is 17.8 Å². The number of piperidine rings is 2. The van der Waals surface area contributed by atoms with Crippen LogP contribution in [0.1, 0.15) is 42.5 Å². The minimum Gasteiger partial charge on any atom is -0.376 e. The van der Waals surface area contributed by atoms with Crippen LogP contribution in [-0.2, 0) is 4.79 Å². The SMILES string of the molecule is O=C(CNc1ccccc1C(=O)N1CCCCC1)N[C@@H]1CCCN(c2ncnc3[nH]ccc23)C1. The largest absolute Gasteiger partial charge is 0.376 e. The summed E-state index contributed by atoms with van der Waals surface area (Å²) in [7, 11) is 0. The van der Waals surface area contributed by atoms with Crippen LogP contribution in [0.4, 0.5) is 11.5 Å². The molecule has 0 aliphatic carbocycles. The molecule has 1 aromatic carbocycles. The first-order chi connectivity index (χ1) is 16.7. The zero-order valence-electron chi connectivity index (χ0n) is 19.3. The normalized spacial score (nSPS) is 18.6. The van der Waals surface area contributed by atoms with E-state index in [1.54, 1.807) is 6.33 Å². The number of nitrogens with zero attached hydrogens (tertiary/aromatic N) is 4. The molecule has 2 saturated heterocycles. The standard InChI is InChI=1S/C25H31N7O2/c33-22(15-27-21-9-3-2-8-19(21)25(34)31-12-4-1-5-13-31)30-18-7-6-14-32(16-18)24-20-10-11-26-23(20)28-17-29-24/h2-3,8-11,17-18,27H,1,4-7,12-16H2,(H,30,33)(H,26,28,29)/t18-/m1/s1. The zero-order valence-corrected chi connectivity index (χ0v) is 19.3. The highest BCUT2D eigenvalue weighted by molar-refractivity contribution is 6.00. The van der Waals surface area contributed by atoms with Gasteiger partial charge in [0.2, 0.25) is 5.91 Å². The van der Waals surface area contributed by atoms with E-state index in [1.165, 1.54) is 6.42 Å². The van der Waals surface area contributed by atoms with Crippen molar-refractivity contribution in [1.29, 1.82) is 0 Å². The second-order valence-electron chi connectivity index (χ2n) is 9.04. The Labute approximate surface area is 198 Å². The van der Waals surface area contributed by atoms with Crippen LogP contribution >= 0.6 is 0 Å². The van der Waals surface area contributed by atoms with Crippen LogP contribution in [0.2, 0.25) is 0 Å². The van der Waals surface area contributed by atoms with Crippen LogP contribution in [0.15, 0.2) is 42.9 Å². The Balaban J connectivity index is 1.18. The van der Waals surface area contributed by atoms with Crippen molar-refractivity contribution in [3.63, 3.8) is 0 Å². The molecule has 34 heavy (non-hydrogen) atoms. The molecule has 0 saturated carbocycles. The maximum absolute atomic E-state index is 13.0. The lowest BCUT2D eigenvalue weighted by molar-refractivity contribution is -0.120. The van der Waals surface area contributed by atoms with E-state index in [9.17, 15) is 9.59 Å². The minimum atomic E-state index is -0.0819. The molecule has 0 radical (unpaired) electrons. The molecule has 9 nitrogen and oxygen atoms in total. The Bertz CT molecular complexity index is 1150. The lowest BCUT2D eigenvalue weighted by Gasteiger charge is -2.34. The number of carbonyl (C=O) groups excluding carboxylic acids is 2. The number of aromatic amines is 1. The van der Waals surface area contributed by atoms with Crippen LogP contribution in [0.3, 0.4) is 0 Å². The van der Waals surface area contributed by atoms with Crippen molar-refractivity contribution in [2.45, 2.75) is 38.1 Å². The maximum Gasteiger partial charge on any atom is 0.255 e. The van der Waals surface area contributed by atoms with Gasteiger partial charge >= 0.3 is 0 Å². The molecule has 3 N–H and O–H groups in total. The summed E-state index contributed by atoms with van der Waals surface area (Å²) in [6.07, 6.45) is 8.61. The van der Waals surface area contributed by atoms with Crippen molar-refractivity contribution in [3.05, 3.63) is 48.4 Å². The molecule has 178 valence electrons. The van der Waals surface area contributed by atoms with E-state index in [4.69, 9.17) is 0 Å². The predicted octanol–water partition coefficient (Wildman–Crippen LogP) is 2.78. The number of hydrogen-bond donors (Lipinski definition) is 3. The number of benzene rings is 1. The number of hydrogen-bond acceptors (Lipinski definition) is 6. The van der Waals surface area contributed by atoms with E-state index in [2.05, 4.69) is 30.5 Å². The molecule has 2 aromatic heterocycles. The van der Waals surface area contributed by atoms with Crippen molar-refractivity contribution in [2.75, 3.05) is 42.9 Å². The molecule has 5 rings (SSSR count). The van der Waals surface area contributed by atoms with Gasteiger partial charge in [-0.15, -0.1) is 0 Å². The lowest BCUT2D eigenvalue weighted by Crippen LogP contribution is -2.49. The summed E-state index contributed by atoms with van der Waals surface area (Å²) in [6.45, 7) is 3.32. The molecular weight excluding hydrogens is 430 g/mol. The second-order valence-corrected chi connectivity index (χ2v) is 9.04. The average molecular weight is 462 g/mol. The van der Waals surface area contributed by atoms with Gasteiger partial charge in [-0.25, -0.2) is 9.97 Å². The van der Waals surface area contributed by atoms with Gasteiger partial charge in [0.15, 0.2) is 0 Å². The fraction of sp³-hybridized carbons (Fsp3) is 0.440. The quantitative estimate of drug-likeness (QED) is 0.521. The van der Waals surface area contributed by atoms with Crippen molar-refractivity contribution in [3.8, 4) is 0 Å². The van der Waals surface area contributed by atoms with Gasteiger partial charge in [0.05, 0.1) is 17.5 Å². The predicted molar refractivity (Wildman–Crippen MR) is 132 cm³/mol. The van der Waals surface area contributed by atoms with Crippen LogP contribution in [0, 0.1) is 0 Å². The lowest BCUT2D eigenvalue weighted by atomic mass is 10.1. The fourth-order valence-electron chi connectivity index (χ4n) is 4.94. The molecule has 2 aliphatic heterocycles. The number of likely N-dealkylation sites (tertiary alicyclic amines) is 1. The molecule has 0 bridgehead atoms. The van der Waals surface area contributed by atoms with E-state index in [0.717, 1.165) is 62.2 Å². The number of anilines is 2. The summed E-state index contributed by atoms with van der Waals surface area (Å²) < 4.78 is 0. The Morgan fingerprint density at radius 2 is 1.88 bits per heavy atom. The third kappa shape index (κ3) is 4.83. The molecule has 0 spiro atoms. The topological polar surface area (TPSA) is 106 Å².